The van der Waals surface area contributed by atoms with Gasteiger partial charge in [-0.15, -0.1) is 0 Å². The molecule has 3 aromatic rings. The summed E-state index contributed by atoms with van der Waals surface area (Å²) in [6.07, 6.45) is 0.697. The summed E-state index contributed by atoms with van der Waals surface area (Å²) in [6.45, 7) is 0.524. The Balaban J connectivity index is 1.59. The van der Waals surface area contributed by atoms with Crippen molar-refractivity contribution >= 4 is 23.2 Å². The Morgan fingerprint density at radius 2 is 1.61 bits per heavy atom. The third-order valence-corrected chi connectivity index (χ3v) is 6.87. The van der Waals surface area contributed by atoms with Crippen LogP contribution in [0.15, 0.2) is 66.7 Å². The van der Waals surface area contributed by atoms with Gasteiger partial charge in [0, 0.05) is 18.7 Å². The van der Waals surface area contributed by atoms with Crippen LogP contribution in [0.2, 0.25) is 0 Å². The zero-order valence-electron chi connectivity index (χ0n) is 19.9. The smallest absolute Gasteiger partial charge is 0.269 e. The van der Waals surface area contributed by atoms with Crippen LogP contribution < -0.4 is 14.4 Å². The van der Waals surface area contributed by atoms with Crippen LogP contribution >= 0.6 is 0 Å². The maximum Gasteiger partial charge on any atom is 0.269 e. The van der Waals surface area contributed by atoms with Crippen molar-refractivity contribution in [3.63, 3.8) is 0 Å². The average Bonchev–Trinajstić information content (AvgIpc) is 3.20. The van der Waals surface area contributed by atoms with Crippen LogP contribution in [-0.2, 0) is 16.0 Å². The van der Waals surface area contributed by atoms with Crippen molar-refractivity contribution in [3.05, 3.63) is 93.5 Å². The first-order chi connectivity index (χ1) is 17.4. The average molecular weight is 488 g/mol. The minimum atomic E-state index is -0.667. The van der Waals surface area contributed by atoms with E-state index in [1.165, 1.54) is 17.0 Å². The van der Waals surface area contributed by atoms with E-state index in [9.17, 15) is 19.7 Å². The Kier molecular flexibility index (Phi) is 6.15. The monoisotopic (exact) mass is 487 g/mol. The molecule has 9 nitrogen and oxygen atoms in total. The van der Waals surface area contributed by atoms with Crippen molar-refractivity contribution in [1.29, 1.82) is 0 Å². The number of anilines is 1. The summed E-state index contributed by atoms with van der Waals surface area (Å²) in [5, 5.41) is 11.2. The first-order valence-electron chi connectivity index (χ1n) is 11.6. The minimum Gasteiger partial charge on any atom is -0.493 e. The van der Waals surface area contributed by atoms with Crippen molar-refractivity contribution in [1.82, 2.24) is 4.90 Å². The topological polar surface area (TPSA) is 102 Å². The van der Waals surface area contributed by atoms with Gasteiger partial charge in [-0.05, 0) is 47.4 Å². The number of imide groups is 1. The standard InChI is InChI=1S/C27H25N3O6/c1-35-23-14-18-12-13-28(22-16-25(31)29(27(22)32)19-6-4-3-5-7-19)26(21(18)15-24(23)36-2)17-8-10-20(11-9-17)30(33)34/h3-11,14-15,22,26H,12-13,16H2,1-2H3/t22-,26+/m0/s1. The molecule has 9 heteroatoms. The van der Waals surface area contributed by atoms with Gasteiger partial charge in [0.15, 0.2) is 11.5 Å². The molecule has 2 heterocycles. The SMILES string of the molecule is COc1cc2c(cc1OC)[C@@H](c1ccc([N+](=O)[O-])cc1)N([C@H]1CC(=O)N(c3ccccc3)C1=O)CC2. The fourth-order valence-electron chi connectivity index (χ4n) is 5.17. The van der Waals surface area contributed by atoms with Crippen molar-refractivity contribution < 1.29 is 24.0 Å². The molecule has 0 aliphatic carbocycles. The van der Waals surface area contributed by atoms with Crippen LogP contribution in [-0.4, -0.2) is 48.4 Å². The molecule has 184 valence electrons. The first kappa shape index (κ1) is 23.5. The highest BCUT2D eigenvalue weighted by Gasteiger charge is 2.46. The van der Waals surface area contributed by atoms with E-state index in [-0.39, 0.29) is 23.9 Å². The van der Waals surface area contributed by atoms with Crippen LogP contribution in [0, 0.1) is 10.1 Å². The molecule has 5 rings (SSSR count). The Morgan fingerprint density at radius 3 is 2.25 bits per heavy atom. The molecule has 2 aliphatic heterocycles. The number of nitro benzene ring substituents is 1. The summed E-state index contributed by atoms with van der Waals surface area (Å²) in [6, 6.07) is 18.0. The molecule has 0 N–H and O–H groups in total. The zero-order valence-corrected chi connectivity index (χ0v) is 19.9. The number of benzene rings is 3. The molecule has 2 aliphatic rings. The lowest BCUT2D eigenvalue weighted by Gasteiger charge is -2.40. The number of nitrogens with zero attached hydrogens (tertiary/aromatic N) is 3. The summed E-state index contributed by atoms with van der Waals surface area (Å²) in [5.74, 6) is 0.623. The van der Waals surface area contributed by atoms with Crippen molar-refractivity contribution in [3.8, 4) is 11.5 Å². The molecule has 1 fully saturated rings. The number of carbonyl (C=O) groups is 2. The Labute approximate surface area is 208 Å². The van der Waals surface area contributed by atoms with Crippen molar-refractivity contribution in [2.45, 2.75) is 24.9 Å². The summed E-state index contributed by atoms with van der Waals surface area (Å²) < 4.78 is 11.0. The summed E-state index contributed by atoms with van der Waals surface area (Å²) >= 11 is 0. The molecule has 2 amide bonds. The molecule has 36 heavy (non-hydrogen) atoms. The highest BCUT2D eigenvalue weighted by atomic mass is 16.6. The number of amides is 2. The maximum atomic E-state index is 13.6. The summed E-state index contributed by atoms with van der Waals surface area (Å²) in [4.78, 5) is 40.7. The molecule has 2 atom stereocenters. The number of methoxy groups -OCH3 is 2. The van der Waals surface area contributed by atoms with Crippen LogP contribution in [0.25, 0.3) is 0 Å². The second-order valence-electron chi connectivity index (χ2n) is 8.77. The molecule has 0 radical (unpaired) electrons. The molecular weight excluding hydrogens is 462 g/mol. The van der Waals surface area contributed by atoms with E-state index in [4.69, 9.17) is 9.47 Å². The van der Waals surface area contributed by atoms with Gasteiger partial charge >= 0.3 is 0 Å². The van der Waals surface area contributed by atoms with E-state index in [1.54, 1.807) is 50.6 Å². The number of para-hydroxylation sites is 1. The van der Waals surface area contributed by atoms with E-state index in [1.807, 2.05) is 23.1 Å². The predicted molar refractivity (Wildman–Crippen MR) is 132 cm³/mol. The van der Waals surface area contributed by atoms with Gasteiger partial charge in [0.05, 0.1) is 43.3 Å². The number of hydrogen-bond acceptors (Lipinski definition) is 7. The molecule has 1 saturated heterocycles. The van der Waals surface area contributed by atoms with Crippen molar-refractivity contribution in [2.75, 3.05) is 25.7 Å². The van der Waals surface area contributed by atoms with E-state index >= 15 is 0 Å². The molecule has 0 aromatic heterocycles. The molecule has 0 spiro atoms. The normalized spacial score (nSPS) is 19.8. The minimum absolute atomic E-state index is 0.0176. The third kappa shape index (κ3) is 3.97. The highest BCUT2D eigenvalue weighted by Crippen LogP contribution is 2.43. The Bertz CT molecular complexity index is 1330. The number of nitro groups is 1. The van der Waals surface area contributed by atoms with Gasteiger partial charge in [-0.1, -0.05) is 30.3 Å². The molecular formula is C27H25N3O6. The van der Waals surface area contributed by atoms with Gasteiger partial charge in [0.2, 0.25) is 5.91 Å². The van der Waals surface area contributed by atoms with Gasteiger partial charge in [0.25, 0.3) is 11.6 Å². The number of ether oxygens (including phenoxy) is 2. The second-order valence-corrected chi connectivity index (χ2v) is 8.77. The fraction of sp³-hybridized carbons (Fsp3) is 0.259. The van der Waals surface area contributed by atoms with Crippen LogP contribution in [0.5, 0.6) is 11.5 Å². The lowest BCUT2D eigenvalue weighted by atomic mass is 9.86. The number of carbonyl (C=O) groups excluding carboxylic acids is 2. The largest absolute Gasteiger partial charge is 0.493 e. The van der Waals surface area contributed by atoms with Crippen LogP contribution in [0.3, 0.4) is 0 Å². The lowest BCUT2D eigenvalue weighted by Crippen LogP contribution is -2.47. The first-order valence-corrected chi connectivity index (χ1v) is 11.6. The molecule has 3 aromatic carbocycles. The third-order valence-electron chi connectivity index (χ3n) is 6.87. The molecule has 0 bridgehead atoms. The fourth-order valence-corrected chi connectivity index (χ4v) is 5.17. The molecule has 0 unspecified atom stereocenters. The quantitative estimate of drug-likeness (QED) is 0.295. The van der Waals surface area contributed by atoms with Crippen LogP contribution in [0.1, 0.15) is 29.2 Å². The lowest BCUT2D eigenvalue weighted by molar-refractivity contribution is -0.384. The van der Waals surface area contributed by atoms with Crippen molar-refractivity contribution in [2.24, 2.45) is 0 Å². The van der Waals surface area contributed by atoms with Crippen LogP contribution in [0.4, 0.5) is 11.4 Å². The Morgan fingerprint density at radius 1 is 0.944 bits per heavy atom. The van der Waals surface area contributed by atoms with E-state index in [0.29, 0.717) is 30.2 Å². The van der Waals surface area contributed by atoms with Gasteiger partial charge in [0.1, 0.15) is 0 Å². The highest BCUT2D eigenvalue weighted by molar-refractivity contribution is 6.22. The van der Waals surface area contributed by atoms with Gasteiger partial charge in [-0.25, -0.2) is 4.90 Å². The second kappa shape index (κ2) is 9.43. The van der Waals surface area contributed by atoms with Gasteiger partial charge in [-0.2, -0.15) is 0 Å². The summed E-state index contributed by atoms with van der Waals surface area (Å²) in [5.41, 5.74) is 3.25. The number of non-ortho nitro benzene ring substituents is 1. The van der Waals surface area contributed by atoms with Gasteiger partial charge < -0.3 is 9.47 Å². The Hall–Kier alpha value is -4.24. The molecule has 0 saturated carbocycles. The number of hydrogen-bond donors (Lipinski definition) is 0. The number of fused-ring (bicyclic) bond motifs is 1. The number of rotatable bonds is 6. The van der Waals surface area contributed by atoms with E-state index in [2.05, 4.69) is 0 Å². The zero-order chi connectivity index (χ0) is 25.4. The predicted octanol–water partition coefficient (Wildman–Crippen LogP) is 3.89. The summed E-state index contributed by atoms with van der Waals surface area (Å²) in [7, 11) is 3.14. The maximum absolute atomic E-state index is 13.6. The van der Waals surface area contributed by atoms with E-state index in [0.717, 1.165) is 16.7 Å². The van der Waals surface area contributed by atoms with E-state index < -0.39 is 17.0 Å². The van der Waals surface area contributed by atoms with Gasteiger partial charge in [-0.3, -0.25) is 24.6 Å².